The van der Waals surface area contributed by atoms with Gasteiger partial charge in [-0.2, -0.15) is 0 Å². The van der Waals surface area contributed by atoms with Crippen LogP contribution >= 0.6 is 11.3 Å². The largest absolute Gasteiger partial charge is 0.387 e. The summed E-state index contributed by atoms with van der Waals surface area (Å²) in [6.07, 6.45) is 2.81. The average molecular weight is 304 g/mol. The molecule has 0 aliphatic heterocycles. The molecule has 4 nitrogen and oxygen atoms in total. The number of aliphatic hydroxyl groups excluding tert-OH is 1. The number of nitrogens with zero attached hydrogens (tertiary/aromatic N) is 1. The first-order chi connectivity index (χ1) is 10.1. The molecule has 0 aliphatic rings. The van der Waals surface area contributed by atoms with E-state index in [0.29, 0.717) is 4.88 Å². The van der Waals surface area contributed by atoms with Gasteiger partial charge in [0.25, 0.3) is 5.91 Å². The summed E-state index contributed by atoms with van der Waals surface area (Å²) in [6.45, 7) is 4.23. The summed E-state index contributed by atoms with van der Waals surface area (Å²) in [4.78, 5) is 16.8. The quantitative estimate of drug-likeness (QED) is 0.862. The monoisotopic (exact) mass is 304 g/mol. The highest BCUT2D eigenvalue weighted by molar-refractivity contribution is 7.13. The van der Waals surface area contributed by atoms with E-state index in [-0.39, 0.29) is 12.5 Å². The van der Waals surface area contributed by atoms with Crippen molar-refractivity contribution in [3.05, 3.63) is 51.5 Å². The van der Waals surface area contributed by atoms with Gasteiger partial charge in [0.05, 0.1) is 17.3 Å². The van der Waals surface area contributed by atoms with Gasteiger partial charge in [0.1, 0.15) is 4.88 Å². The average Bonchev–Trinajstić information content (AvgIpc) is 2.94. The van der Waals surface area contributed by atoms with Crippen molar-refractivity contribution in [3.8, 4) is 0 Å². The van der Waals surface area contributed by atoms with Crippen LogP contribution in [0.5, 0.6) is 0 Å². The lowest BCUT2D eigenvalue weighted by atomic mass is 10.0. The van der Waals surface area contributed by atoms with Gasteiger partial charge in [-0.25, -0.2) is 4.98 Å². The Morgan fingerprint density at radius 1 is 1.43 bits per heavy atom. The van der Waals surface area contributed by atoms with Crippen molar-refractivity contribution in [2.45, 2.75) is 32.8 Å². The number of aryl methyl sites for hydroxylation is 2. The van der Waals surface area contributed by atoms with Crippen LogP contribution in [0.15, 0.2) is 30.5 Å². The number of carbonyl (C=O) groups excluding carboxylic acids is 1. The standard InChI is InChI=1S/C16H20N2O2S/c1-3-6-15-17-10-14(21-15)16(20)18-9-13(19)12-8-5-4-7-11(12)2/h4-5,7-8,10,13,19H,3,6,9H2,1-2H3,(H,18,20). The molecule has 1 amide bonds. The number of thiazole rings is 1. The maximum atomic E-state index is 12.0. The number of aliphatic hydroxyl groups is 1. The minimum atomic E-state index is -0.696. The zero-order valence-electron chi connectivity index (χ0n) is 12.3. The van der Waals surface area contributed by atoms with Crippen molar-refractivity contribution in [2.75, 3.05) is 6.54 Å². The number of aromatic nitrogens is 1. The van der Waals surface area contributed by atoms with Gasteiger partial charge in [0.2, 0.25) is 0 Å². The molecular formula is C16H20N2O2S. The van der Waals surface area contributed by atoms with Crippen molar-refractivity contribution in [2.24, 2.45) is 0 Å². The molecular weight excluding hydrogens is 284 g/mol. The van der Waals surface area contributed by atoms with E-state index in [0.717, 1.165) is 29.0 Å². The number of carbonyl (C=O) groups is 1. The number of benzene rings is 1. The minimum Gasteiger partial charge on any atom is -0.387 e. The summed E-state index contributed by atoms with van der Waals surface area (Å²) in [5.74, 6) is -0.178. The summed E-state index contributed by atoms with van der Waals surface area (Å²) < 4.78 is 0. The second-order valence-corrected chi connectivity index (χ2v) is 6.07. The van der Waals surface area contributed by atoms with E-state index in [4.69, 9.17) is 0 Å². The highest BCUT2D eigenvalue weighted by Gasteiger charge is 2.14. The third-order valence-corrected chi connectivity index (χ3v) is 4.30. The fourth-order valence-corrected chi connectivity index (χ4v) is 3.03. The Morgan fingerprint density at radius 3 is 2.90 bits per heavy atom. The van der Waals surface area contributed by atoms with Crippen molar-refractivity contribution in [1.29, 1.82) is 0 Å². The van der Waals surface area contributed by atoms with Crippen molar-refractivity contribution >= 4 is 17.2 Å². The molecule has 1 unspecified atom stereocenters. The smallest absolute Gasteiger partial charge is 0.263 e. The first kappa shape index (κ1) is 15.7. The zero-order valence-corrected chi connectivity index (χ0v) is 13.1. The lowest BCUT2D eigenvalue weighted by molar-refractivity contribution is 0.0919. The first-order valence-electron chi connectivity index (χ1n) is 7.08. The minimum absolute atomic E-state index is 0.178. The molecule has 2 aromatic rings. The molecule has 0 spiro atoms. The fourth-order valence-electron chi connectivity index (χ4n) is 2.09. The van der Waals surface area contributed by atoms with Crippen molar-refractivity contribution in [3.63, 3.8) is 0 Å². The Hall–Kier alpha value is -1.72. The molecule has 0 aliphatic carbocycles. The number of rotatable bonds is 6. The molecule has 2 rings (SSSR count). The maximum Gasteiger partial charge on any atom is 0.263 e. The van der Waals surface area contributed by atoms with Gasteiger partial charge in [-0.1, -0.05) is 31.2 Å². The van der Waals surface area contributed by atoms with Gasteiger partial charge in [-0.3, -0.25) is 4.79 Å². The molecule has 0 bridgehead atoms. The summed E-state index contributed by atoms with van der Waals surface area (Å²) in [5, 5.41) is 13.9. The predicted molar refractivity (Wildman–Crippen MR) is 84.6 cm³/mol. The third-order valence-electron chi connectivity index (χ3n) is 3.24. The molecule has 0 radical (unpaired) electrons. The third kappa shape index (κ3) is 4.12. The van der Waals surface area contributed by atoms with Crippen LogP contribution < -0.4 is 5.32 Å². The SMILES string of the molecule is CCCc1ncc(C(=O)NCC(O)c2ccccc2C)s1. The molecule has 1 aromatic carbocycles. The lowest BCUT2D eigenvalue weighted by Gasteiger charge is -2.14. The van der Waals surface area contributed by atoms with Crippen molar-refractivity contribution in [1.82, 2.24) is 10.3 Å². The molecule has 112 valence electrons. The lowest BCUT2D eigenvalue weighted by Crippen LogP contribution is -2.28. The fraction of sp³-hybridized carbons (Fsp3) is 0.375. The molecule has 2 N–H and O–H groups in total. The number of hydrogen-bond donors (Lipinski definition) is 2. The van der Waals surface area contributed by atoms with Crippen molar-refractivity contribution < 1.29 is 9.90 Å². The van der Waals surface area contributed by atoms with Crippen LogP contribution in [0.3, 0.4) is 0 Å². The molecule has 21 heavy (non-hydrogen) atoms. The van der Waals surface area contributed by atoms with Gasteiger partial charge in [0.15, 0.2) is 0 Å². The highest BCUT2D eigenvalue weighted by Crippen LogP contribution is 2.17. The second kappa shape index (κ2) is 7.33. The highest BCUT2D eigenvalue weighted by atomic mass is 32.1. The van der Waals surface area contributed by atoms with Crippen LogP contribution in [0.25, 0.3) is 0 Å². The Kier molecular flexibility index (Phi) is 5.47. The van der Waals surface area contributed by atoms with Crippen LogP contribution in [0, 0.1) is 6.92 Å². The summed E-state index contributed by atoms with van der Waals surface area (Å²) in [6, 6.07) is 7.63. The topological polar surface area (TPSA) is 62.2 Å². The molecule has 1 aromatic heterocycles. The van der Waals surface area contributed by atoms with E-state index in [1.807, 2.05) is 31.2 Å². The van der Waals surface area contributed by atoms with Gasteiger partial charge in [-0.05, 0) is 30.9 Å². The van der Waals surface area contributed by atoms with E-state index >= 15 is 0 Å². The van der Waals surface area contributed by atoms with E-state index in [2.05, 4.69) is 17.2 Å². The Balaban J connectivity index is 1.92. The maximum absolute atomic E-state index is 12.0. The summed E-state index contributed by atoms with van der Waals surface area (Å²) in [7, 11) is 0. The van der Waals surface area contributed by atoms with Gasteiger partial charge < -0.3 is 10.4 Å². The van der Waals surface area contributed by atoms with Crippen LogP contribution in [0.1, 0.15) is 45.3 Å². The van der Waals surface area contributed by atoms with E-state index in [1.165, 1.54) is 11.3 Å². The Labute approximate surface area is 128 Å². The summed E-state index contributed by atoms with van der Waals surface area (Å²) in [5.41, 5.74) is 1.86. The normalized spacial score (nSPS) is 12.1. The molecule has 0 saturated carbocycles. The van der Waals surface area contributed by atoms with E-state index in [1.54, 1.807) is 6.20 Å². The van der Waals surface area contributed by atoms with E-state index < -0.39 is 6.10 Å². The number of nitrogens with one attached hydrogen (secondary N) is 1. The van der Waals surface area contributed by atoms with Gasteiger partial charge in [0, 0.05) is 6.54 Å². The predicted octanol–water partition coefficient (Wildman–Crippen LogP) is 2.87. The van der Waals surface area contributed by atoms with E-state index in [9.17, 15) is 9.90 Å². The van der Waals surface area contributed by atoms with Crippen LogP contribution in [0.4, 0.5) is 0 Å². The molecule has 1 heterocycles. The molecule has 0 saturated heterocycles. The summed E-state index contributed by atoms with van der Waals surface area (Å²) >= 11 is 1.41. The Bertz CT molecular complexity index is 610. The number of amides is 1. The molecule has 5 heteroatoms. The van der Waals surface area contributed by atoms with Gasteiger partial charge >= 0.3 is 0 Å². The van der Waals surface area contributed by atoms with Crippen LogP contribution in [-0.2, 0) is 6.42 Å². The molecule has 1 atom stereocenters. The molecule has 0 fully saturated rings. The first-order valence-corrected chi connectivity index (χ1v) is 7.90. The van der Waals surface area contributed by atoms with Crippen LogP contribution in [-0.4, -0.2) is 22.5 Å². The second-order valence-electron chi connectivity index (χ2n) is 4.95. The number of hydrogen-bond acceptors (Lipinski definition) is 4. The van der Waals surface area contributed by atoms with Gasteiger partial charge in [-0.15, -0.1) is 11.3 Å². The zero-order chi connectivity index (χ0) is 15.2. The van der Waals surface area contributed by atoms with Crippen LogP contribution in [0.2, 0.25) is 0 Å². The Morgan fingerprint density at radius 2 is 2.19 bits per heavy atom.